The maximum absolute atomic E-state index is 13.9. The lowest BCUT2D eigenvalue weighted by Gasteiger charge is -2.39. The van der Waals surface area contributed by atoms with Crippen molar-refractivity contribution in [2.24, 2.45) is 11.7 Å². The van der Waals surface area contributed by atoms with Crippen LogP contribution in [0.25, 0.3) is 22.2 Å². The Labute approximate surface area is 449 Å². The Morgan fingerprint density at radius 2 is 1.68 bits per heavy atom. The van der Waals surface area contributed by atoms with Crippen LogP contribution in [0.5, 0.6) is 0 Å². The fraction of sp³-hybridized carbons (Fsp3) is 0.491. The minimum Gasteiger partial charge on any atom is -0.379 e. The van der Waals surface area contributed by atoms with E-state index < -0.39 is 11.4 Å². The molecule has 3 aliphatic heterocycles. The number of piperidine rings is 2. The molecule has 0 spiro atoms. The smallest absolute Gasteiger partial charge is 0.272 e. The third-order valence-electron chi connectivity index (χ3n) is 14.7. The second-order valence-electron chi connectivity index (χ2n) is 19.9. The van der Waals surface area contributed by atoms with Gasteiger partial charge in [0.05, 0.1) is 62.0 Å². The van der Waals surface area contributed by atoms with Gasteiger partial charge in [0.25, 0.3) is 5.91 Å². The molecular formula is C55H72ClN13O7. The van der Waals surface area contributed by atoms with Gasteiger partial charge in [0.15, 0.2) is 5.69 Å². The molecule has 8 rings (SSSR count). The summed E-state index contributed by atoms with van der Waals surface area (Å²) >= 11 is 6.25. The van der Waals surface area contributed by atoms with Gasteiger partial charge in [-0.1, -0.05) is 54.9 Å². The Kier molecular flexibility index (Phi) is 19.8. The zero-order chi connectivity index (χ0) is 53.4. The molecular weight excluding hydrogens is 990 g/mol. The summed E-state index contributed by atoms with van der Waals surface area (Å²) in [6.07, 6.45) is 9.04. The first kappa shape index (κ1) is 55.7. The van der Waals surface area contributed by atoms with E-state index in [0.717, 1.165) is 58.5 Å². The summed E-state index contributed by atoms with van der Waals surface area (Å²) in [5, 5.41) is 13.7. The van der Waals surface area contributed by atoms with Crippen LogP contribution < -0.4 is 31.9 Å². The molecule has 0 bridgehead atoms. The zero-order valence-corrected chi connectivity index (χ0v) is 44.4. The number of halogens is 1. The summed E-state index contributed by atoms with van der Waals surface area (Å²) in [5.41, 5.74) is 10.7. The number of aromatic nitrogens is 4. The van der Waals surface area contributed by atoms with E-state index >= 15 is 0 Å². The standard InChI is InChI=1S/C55H72ClN13O7/c1-3-38-5-4-6-41(31-38)42-33-46(64-47(70)36-58-34-39-12-19-66(2)49(72)32-39)50(61-35-42)53(73)60-18-28-76-30-29-75-27-14-48(71)68-25-23-67(24-26-68)20-13-45(40-7-9-43(56)10-8-40)65-54(74)55(57)15-21-69(22-16-55)52-44-11-17-59-51(44)62-37-63-52/h4-11,17,31,33,35,37,39,45,58H,3,12-16,18-30,32,34,36,57H2,1-2H3,(H,60,73)(H,64,70)(H,65,74)(H,59,62,63)/t39?,45-/m0/s1. The quantitative estimate of drug-likeness (QED) is 0.0476. The Balaban J connectivity index is 0.717. The maximum Gasteiger partial charge on any atom is 0.272 e. The fourth-order valence-electron chi connectivity index (χ4n) is 9.90. The van der Waals surface area contributed by atoms with Gasteiger partial charge >= 0.3 is 0 Å². The van der Waals surface area contributed by atoms with E-state index in [9.17, 15) is 24.0 Å². The van der Waals surface area contributed by atoms with Crippen LogP contribution in [0.4, 0.5) is 11.5 Å². The highest BCUT2D eigenvalue weighted by atomic mass is 35.5. The molecule has 0 saturated carbocycles. The highest BCUT2D eigenvalue weighted by Gasteiger charge is 2.39. The molecule has 5 amide bonds. The van der Waals surface area contributed by atoms with Crippen molar-refractivity contribution in [3.63, 3.8) is 0 Å². The molecule has 6 heterocycles. The van der Waals surface area contributed by atoms with E-state index in [1.165, 1.54) is 0 Å². The lowest BCUT2D eigenvalue weighted by atomic mass is 9.87. The van der Waals surface area contributed by atoms with Gasteiger partial charge in [-0.3, -0.25) is 28.9 Å². The number of fused-ring (bicyclic) bond motifs is 1. The minimum atomic E-state index is -1.03. The third-order valence-corrected chi connectivity index (χ3v) is 14.9. The first-order valence-corrected chi connectivity index (χ1v) is 26.9. The number of rotatable bonds is 24. The van der Waals surface area contributed by atoms with Crippen molar-refractivity contribution in [3.05, 3.63) is 101 Å². The number of aromatic amines is 1. The van der Waals surface area contributed by atoms with Crippen LogP contribution in [0.2, 0.25) is 5.02 Å². The van der Waals surface area contributed by atoms with Gasteiger partial charge < -0.3 is 56.2 Å². The summed E-state index contributed by atoms with van der Waals surface area (Å²) in [7, 11) is 1.80. The van der Waals surface area contributed by atoms with Crippen LogP contribution in [-0.2, 0) is 35.1 Å². The predicted molar refractivity (Wildman–Crippen MR) is 292 cm³/mol. The molecule has 2 aromatic carbocycles. The number of ether oxygens (including phenoxy) is 2. The molecule has 3 aliphatic rings. The van der Waals surface area contributed by atoms with Crippen molar-refractivity contribution in [3.8, 4) is 11.1 Å². The van der Waals surface area contributed by atoms with Crippen molar-refractivity contribution in [1.29, 1.82) is 0 Å². The van der Waals surface area contributed by atoms with E-state index in [1.54, 1.807) is 30.5 Å². The molecule has 76 heavy (non-hydrogen) atoms. The number of nitrogens with zero attached hydrogens (tertiary/aromatic N) is 7. The van der Waals surface area contributed by atoms with Crippen LogP contribution in [0.15, 0.2) is 79.4 Å². The van der Waals surface area contributed by atoms with Crippen molar-refractivity contribution in [2.75, 3.05) is 116 Å². The average molecular weight is 1060 g/mol. The lowest BCUT2D eigenvalue weighted by Crippen LogP contribution is -2.60. The number of nitrogens with two attached hydrogens (primary N) is 1. The second-order valence-corrected chi connectivity index (χ2v) is 20.4. The highest BCUT2D eigenvalue weighted by molar-refractivity contribution is 6.30. The SMILES string of the molecule is CCc1cccc(-c2cnc(C(=O)NCCOCCOCCC(=O)N3CCN(CC[C@H](NC(=O)C4(N)CCN(c5ncnc6[nH]ccc56)CC4)c4ccc(Cl)cc4)CC3)c(NC(=O)CNCC3CCN(C)C(=O)C3)c2)c1. The third kappa shape index (κ3) is 15.1. The largest absolute Gasteiger partial charge is 0.379 e. The molecule has 3 fully saturated rings. The van der Waals surface area contributed by atoms with Gasteiger partial charge in [-0.05, 0) is 85.5 Å². The molecule has 5 aromatic rings. The van der Waals surface area contributed by atoms with Crippen LogP contribution >= 0.6 is 11.6 Å². The summed E-state index contributed by atoms with van der Waals surface area (Å²) in [4.78, 5) is 90.3. The monoisotopic (exact) mass is 1060 g/mol. The van der Waals surface area contributed by atoms with Crippen LogP contribution in [0.1, 0.15) is 73.1 Å². The number of anilines is 2. The number of aryl methyl sites for hydroxylation is 1. The number of carbonyl (C=O) groups excluding carboxylic acids is 5. The van der Waals surface area contributed by atoms with Crippen molar-refractivity contribution in [1.82, 2.24) is 50.6 Å². The number of pyridine rings is 1. The fourth-order valence-corrected chi connectivity index (χ4v) is 10.0. The van der Waals surface area contributed by atoms with Crippen molar-refractivity contribution >= 4 is 63.7 Å². The number of likely N-dealkylation sites (tertiary alicyclic amines) is 1. The molecule has 1 unspecified atom stereocenters. The van der Waals surface area contributed by atoms with Crippen LogP contribution in [-0.4, -0.2) is 175 Å². The molecule has 406 valence electrons. The Morgan fingerprint density at radius 3 is 2.45 bits per heavy atom. The van der Waals surface area contributed by atoms with Crippen molar-refractivity contribution < 1.29 is 33.4 Å². The first-order chi connectivity index (χ1) is 36.8. The van der Waals surface area contributed by atoms with Gasteiger partial charge in [-0.2, -0.15) is 0 Å². The van der Waals surface area contributed by atoms with E-state index in [-0.39, 0.29) is 92.9 Å². The van der Waals surface area contributed by atoms with E-state index in [0.29, 0.717) is 83.1 Å². The van der Waals surface area contributed by atoms with E-state index in [1.807, 2.05) is 59.6 Å². The van der Waals surface area contributed by atoms with Gasteiger partial charge in [0, 0.05) is 95.4 Å². The molecule has 7 N–H and O–H groups in total. The number of amides is 5. The highest BCUT2D eigenvalue weighted by Crippen LogP contribution is 2.30. The Morgan fingerprint density at radius 1 is 0.908 bits per heavy atom. The molecule has 0 radical (unpaired) electrons. The summed E-state index contributed by atoms with van der Waals surface area (Å²) < 4.78 is 11.4. The van der Waals surface area contributed by atoms with Crippen LogP contribution in [0, 0.1) is 5.92 Å². The summed E-state index contributed by atoms with van der Waals surface area (Å²) in [6.45, 7) is 9.04. The number of carbonyl (C=O) groups is 5. The molecule has 2 atom stereocenters. The van der Waals surface area contributed by atoms with Crippen molar-refractivity contribution in [2.45, 2.75) is 63.5 Å². The number of benzene rings is 2. The number of nitrogens with one attached hydrogen (secondary N) is 5. The topological polar surface area (TPSA) is 245 Å². The Bertz CT molecular complexity index is 2760. The molecule has 3 aromatic heterocycles. The number of hydrogen-bond donors (Lipinski definition) is 6. The maximum atomic E-state index is 13.9. The molecule has 21 heteroatoms. The molecule has 20 nitrogen and oxygen atoms in total. The Hall–Kier alpha value is -6.55. The zero-order valence-electron chi connectivity index (χ0n) is 43.7. The summed E-state index contributed by atoms with van der Waals surface area (Å²) in [5.74, 6) is 0.158. The van der Waals surface area contributed by atoms with Gasteiger partial charge in [-0.15, -0.1) is 0 Å². The number of hydrogen-bond acceptors (Lipinski definition) is 14. The molecule has 0 aliphatic carbocycles. The van der Waals surface area contributed by atoms with Gasteiger partial charge in [-0.25, -0.2) is 15.0 Å². The minimum absolute atomic E-state index is 0.0137. The van der Waals surface area contributed by atoms with Crippen LogP contribution in [0.3, 0.4) is 0 Å². The summed E-state index contributed by atoms with van der Waals surface area (Å²) in [6, 6.07) is 19.0. The van der Waals surface area contributed by atoms with Gasteiger partial charge in [0.2, 0.25) is 23.6 Å². The number of H-pyrrole nitrogens is 1. The second kappa shape index (κ2) is 27.0. The predicted octanol–water partition coefficient (Wildman–Crippen LogP) is 4.18. The molecule has 3 saturated heterocycles. The average Bonchev–Trinajstić information content (AvgIpc) is 3.93. The lowest BCUT2D eigenvalue weighted by molar-refractivity contribution is -0.134. The van der Waals surface area contributed by atoms with Gasteiger partial charge in [0.1, 0.15) is 17.8 Å². The van der Waals surface area contributed by atoms with E-state index in [4.69, 9.17) is 26.8 Å². The first-order valence-electron chi connectivity index (χ1n) is 26.5. The number of piperazine rings is 1. The normalized spacial score (nSPS) is 17.4. The van der Waals surface area contributed by atoms with E-state index in [2.05, 4.69) is 64.0 Å².